The molecule has 5 nitrogen and oxygen atoms in total. The van der Waals surface area contributed by atoms with Gasteiger partial charge in [0.25, 0.3) is 5.56 Å². The van der Waals surface area contributed by atoms with Crippen LogP contribution in [0.15, 0.2) is 40.5 Å². The van der Waals surface area contributed by atoms with E-state index >= 15 is 0 Å². The molecule has 0 aliphatic heterocycles. The molecule has 0 saturated heterocycles. The zero-order valence-electron chi connectivity index (χ0n) is 14.2. The SMILES string of the molecule is CC(C)c1nc2scc(C(=O)O)c2c(=O)n1CCCc1ccccc1. The average Bonchev–Trinajstić information content (AvgIpc) is 3.02. The Kier molecular flexibility index (Phi) is 4.99. The molecule has 0 spiro atoms. The number of hydrogen-bond donors (Lipinski definition) is 1. The predicted octanol–water partition coefficient (Wildman–Crippen LogP) is 3.91. The van der Waals surface area contributed by atoms with E-state index in [4.69, 9.17) is 0 Å². The molecule has 0 fully saturated rings. The van der Waals surface area contributed by atoms with Crippen molar-refractivity contribution < 1.29 is 9.90 Å². The number of nitrogens with zero attached hydrogens (tertiary/aromatic N) is 2. The molecule has 3 rings (SSSR count). The molecule has 0 radical (unpaired) electrons. The van der Waals surface area contributed by atoms with Crippen LogP contribution in [0.25, 0.3) is 10.2 Å². The van der Waals surface area contributed by atoms with Crippen molar-refractivity contribution >= 4 is 27.5 Å². The van der Waals surface area contributed by atoms with Gasteiger partial charge in [0, 0.05) is 17.8 Å². The van der Waals surface area contributed by atoms with Crippen molar-refractivity contribution in [1.82, 2.24) is 9.55 Å². The Balaban J connectivity index is 1.98. The Hall–Kier alpha value is -2.47. The normalized spacial score (nSPS) is 11.3. The first-order valence-electron chi connectivity index (χ1n) is 8.28. The minimum atomic E-state index is -1.08. The Morgan fingerprint density at radius 1 is 1.28 bits per heavy atom. The molecule has 6 heteroatoms. The number of aromatic nitrogens is 2. The number of carbonyl (C=O) groups is 1. The van der Waals surface area contributed by atoms with E-state index in [-0.39, 0.29) is 22.4 Å². The summed E-state index contributed by atoms with van der Waals surface area (Å²) in [7, 11) is 0. The zero-order chi connectivity index (χ0) is 18.0. The molecule has 1 aromatic carbocycles. The van der Waals surface area contributed by atoms with Crippen LogP contribution >= 0.6 is 11.3 Å². The van der Waals surface area contributed by atoms with Crippen LogP contribution < -0.4 is 5.56 Å². The molecule has 2 heterocycles. The Bertz CT molecular complexity index is 958. The highest BCUT2D eigenvalue weighted by Gasteiger charge is 2.20. The smallest absolute Gasteiger partial charge is 0.337 e. The molecule has 0 atom stereocenters. The zero-order valence-corrected chi connectivity index (χ0v) is 15.0. The highest BCUT2D eigenvalue weighted by molar-refractivity contribution is 7.17. The van der Waals surface area contributed by atoms with E-state index in [1.807, 2.05) is 32.0 Å². The van der Waals surface area contributed by atoms with Gasteiger partial charge in [0.15, 0.2) is 0 Å². The average molecular weight is 356 g/mol. The van der Waals surface area contributed by atoms with Crippen LogP contribution in [-0.4, -0.2) is 20.6 Å². The lowest BCUT2D eigenvalue weighted by molar-refractivity contribution is 0.0699. The highest BCUT2D eigenvalue weighted by Crippen LogP contribution is 2.24. The minimum Gasteiger partial charge on any atom is -0.478 e. The van der Waals surface area contributed by atoms with E-state index in [2.05, 4.69) is 17.1 Å². The minimum absolute atomic E-state index is 0.0459. The van der Waals surface area contributed by atoms with Gasteiger partial charge >= 0.3 is 5.97 Å². The fraction of sp³-hybridized carbons (Fsp3) is 0.316. The van der Waals surface area contributed by atoms with Crippen molar-refractivity contribution in [2.45, 2.75) is 39.2 Å². The van der Waals surface area contributed by atoms with E-state index in [9.17, 15) is 14.7 Å². The molecule has 0 saturated carbocycles. The third kappa shape index (κ3) is 3.49. The second kappa shape index (κ2) is 7.19. The molecule has 0 bridgehead atoms. The van der Waals surface area contributed by atoms with Gasteiger partial charge in [0.1, 0.15) is 10.7 Å². The van der Waals surface area contributed by atoms with Gasteiger partial charge < -0.3 is 5.11 Å². The number of benzene rings is 1. The number of hydrogen-bond acceptors (Lipinski definition) is 4. The van der Waals surface area contributed by atoms with Crippen LogP contribution in [0.3, 0.4) is 0 Å². The summed E-state index contributed by atoms with van der Waals surface area (Å²) < 4.78 is 1.65. The lowest BCUT2D eigenvalue weighted by atomic mass is 10.1. The molecule has 0 aliphatic carbocycles. The summed E-state index contributed by atoms with van der Waals surface area (Å²) in [5.74, 6) is -0.285. The number of carboxylic acid groups (broad SMARTS) is 1. The maximum atomic E-state index is 12.9. The Morgan fingerprint density at radius 3 is 2.64 bits per heavy atom. The predicted molar refractivity (Wildman–Crippen MR) is 99.7 cm³/mol. The van der Waals surface area contributed by atoms with Crippen molar-refractivity contribution in [3.63, 3.8) is 0 Å². The first-order chi connectivity index (χ1) is 12.0. The van der Waals surface area contributed by atoms with Crippen molar-refractivity contribution in [2.75, 3.05) is 0 Å². The van der Waals surface area contributed by atoms with Crippen LogP contribution in [0.4, 0.5) is 0 Å². The molecule has 130 valence electrons. The summed E-state index contributed by atoms with van der Waals surface area (Å²) in [4.78, 5) is 29.4. The van der Waals surface area contributed by atoms with E-state index < -0.39 is 5.97 Å². The molecule has 0 amide bonds. The van der Waals surface area contributed by atoms with E-state index in [1.54, 1.807) is 4.57 Å². The lowest BCUT2D eigenvalue weighted by Crippen LogP contribution is -2.27. The van der Waals surface area contributed by atoms with Crippen molar-refractivity contribution in [2.24, 2.45) is 0 Å². The van der Waals surface area contributed by atoms with Gasteiger partial charge in [0.2, 0.25) is 0 Å². The fourth-order valence-corrected chi connectivity index (χ4v) is 3.85. The maximum Gasteiger partial charge on any atom is 0.337 e. The molecule has 1 N–H and O–H groups in total. The van der Waals surface area contributed by atoms with Crippen LogP contribution in [0, 0.1) is 0 Å². The molecule has 25 heavy (non-hydrogen) atoms. The number of aromatic carboxylic acids is 1. The van der Waals surface area contributed by atoms with Gasteiger partial charge in [-0.1, -0.05) is 44.2 Å². The maximum absolute atomic E-state index is 12.9. The quantitative estimate of drug-likeness (QED) is 0.727. The monoisotopic (exact) mass is 356 g/mol. The first kappa shape index (κ1) is 17.4. The molecule has 2 aromatic heterocycles. The van der Waals surface area contributed by atoms with Crippen molar-refractivity contribution in [1.29, 1.82) is 0 Å². The van der Waals surface area contributed by atoms with Gasteiger partial charge in [-0.25, -0.2) is 9.78 Å². The molecular formula is C19H20N2O3S. The van der Waals surface area contributed by atoms with E-state index in [0.29, 0.717) is 17.2 Å². The lowest BCUT2D eigenvalue weighted by Gasteiger charge is -2.15. The van der Waals surface area contributed by atoms with Gasteiger partial charge in [-0.3, -0.25) is 9.36 Å². The third-order valence-corrected chi connectivity index (χ3v) is 5.03. The van der Waals surface area contributed by atoms with Gasteiger partial charge in [-0.05, 0) is 18.4 Å². The van der Waals surface area contributed by atoms with Gasteiger partial charge in [0.05, 0.1) is 10.9 Å². The summed E-state index contributed by atoms with van der Waals surface area (Å²) in [6, 6.07) is 10.1. The largest absolute Gasteiger partial charge is 0.478 e. The summed E-state index contributed by atoms with van der Waals surface area (Å²) >= 11 is 1.21. The van der Waals surface area contributed by atoms with Gasteiger partial charge in [-0.2, -0.15) is 0 Å². The second-order valence-corrected chi connectivity index (χ2v) is 7.16. The first-order valence-corrected chi connectivity index (χ1v) is 9.16. The van der Waals surface area contributed by atoms with Gasteiger partial charge in [-0.15, -0.1) is 11.3 Å². The Labute approximate surface area is 149 Å². The highest BCUT2D eigenvalue weighted by atomic mass is 32.1. The van der Waals surface area contributed by atoms with E-state index in [0.717, 1.165) is 12.8 Å². The summed E-state index contributed by atoms with van der Waals surface area (Å²) in [6.07, 6.45) is 1.65. The second-order valence-electron chi connectivity index (χ2n) is 6.31. The summed E-state index contributed by atoms with van der Waals surface area (Å²) in [5, 5.41) is 11.0. The third-order valence-electron chi connectivity index (χ3n) is 4.16. The van der Waals surface area contributed by atoms with Crippen LogP contribution in [0.2, 0.25) is 0 Å². The molecule has 3 aromatic rings. The Morgan fingerprint density at radius 2 is 2.00 bits per heavy atom. The number of aryl methyl sites for hydroxylation is 1. The molecular weight excluding hydrogens is 336 g/mol. The topological polar surface area (TPSA) is 72.2 Å². The van der Waals surface area contributed by atoms with E-state index in [1.165, 1.54) is 22.3 Å². The molecule has 0 unspecified atom stereocenters. The molecule has 0 aliphatic rings. The summed E-state index contributed by atoms with van der Waals surface area (Å²) in [6.45, 7) is 4.51. The number of fused-ring (bicyclic) bond motifs is 1. The van der Waals surface area contributed by atoms with Crippen LogP contribution in [-0.2, 0) is 13.0 Å². The number of thiophene rings is 1. The number of carboxylic acids is 1. The number of rotatable bonds is 6. The fourth-order valence-electron chi connectivity index (χ4n) is 2.94. The van der Waals surface area contributed by atoms with Crippen LogP contribution in [0.5, 0.6) is 0 Å². The standard InChI is InChI=1S/C19H20N2O3S/c1-12(2)16-20-17-15(14(11-25-17)19(23)24)18(22)21(16)10-6-9-13-7-4-3-5-8-13/h3-5,7-8,11-12H,6,9-10H2,1-2H3,(H,23,24). The van der Waals surface area contributed by atoms with Crippen LogP contribution in [0.1, 0.15) is 47.9 Å². The van der Waals surface area contributed by atoms with Crippen molar-refractivity contribution in [3.05, 3.63) is 63.0 Å². The summed E-state index contributed by atoms with van der Waals surface area (Å²) in [5.41, 5.74) is 1.02. The van der Waals surface area contributed by atoms with Crippen molar-refractivity contribution in [3.8, 4) is 0 Å².